The summed E-state index contributed by atoms with van der Waals surface area (Å²) in [5.41, 5.74) is 5.46. The molecule has 17 heavy (non-hydrogen) atoms. The second-order valence-corrected chi connectivity index (χ2v) is 4.61. The Balaban J connectivity index is 1.96. The second-order valence-electron chi connectivity index (χ2n) is 4.61. The summed E-state index contributed by atoms with van der Waals surface area (Å²) in [6.07, 6.45) is 3.42. The van der Waals surface area contributed by atoms with Crippen LogP contribution in [0.2, 0.25) is 0 Å². The molecule has 0 spiro atoms. The fraction of sp³-hybridized carbons (Fsp3) is 0.615. The van der Waals surface area contributed by atoms with Crippen LogP contribution >= 0.6 is 0 Å². The number of furan rings is 1. The average molecular weight is 236 g/mol. The number of carbonyl (C=O) groups is 1. The molecule has 94 valence electrons. The first kappa shape index (κ1) is 12.2. The molecule has 0 aromatic carbocycles. The maximum absolute atomic E-state index is 12.1. The fourth-order valence-electron chi connectivity index (χ4n) is 2.30. The molecule has 0 radical (unpaired) electrons. The molecule has 1 aromatic rings. The van der Waals surface area contributed by atoms with Gasteiger partial charge >= 0.3 is 0 Å². The SMILES string of the molecule is CCC1CCN(C(=O)c2ccc(CN)o2)CC1. The number of rotatable bonds is 3. The number of nitrogens with zero attached hydrogens (tertiary/aromatic N) is 1. The number of hydrogen-bond donors (Lipinski definition) is 1. The molecule has 0 unspecified atom stereocenters. The van der Waals surface area contributed by atoms with E-state index >= 15 is 0 Å². The van der Waals surface area contributed by atoms with Crippen LogP contribution in [0.15, 0.2) is 16.5 Å². The van der Waals surface area contributed by atoms with E-state index in [0.29, 0.717) is 18.1 Å². The molecule has 2 N–H and O–H groups in total. The maximum Gasteiger partial charge on any atom is 0.289 e. The molecule has 0 aliphatic carbocycles. The summed E-state index contributed by atoms with van der Waals surface area (Å²) in [6.45, 7) is 4.24. The fourth-order valence-corrected chi connectivity index (χ4v) is 2.30. The van der Waals surface area contributed by atoms with Gasteiger partial charge in [-0.2, -0.15) is 0 Å². The Bertz CT molecular complexity index is 379. The zero-order valence-electron chi connectivity index (χ0n) is 10.3. The lowest BCUT2D eigenvalue weighted by Gasteiger charge is -2.30. The monoisotopic (exact) mass is 236 g/mol. The quantitative estimate of drug-likeness (QED) is 0.873. The highest BCUT2D eigenvalue weighted by Crippen LogP contribution is 2.21. The third-order valence-electron chi connectivity index (χ3n) is 3.55. The van der Waals surface area contributed by atoms with Crippen LogP contribution in [0.5, 0.6) is 0 Å². The summed E-state index contributed by atoms with van der Waals surface area (Å²) >= 11 is 0. The summed E-state index contributed by atoms with van der Waals surface area (Å²) in [5.74, 6) is 1.85. The van der Waals surface area contributed by atoms with Crippen LogP contribution in [0.4, 0.5) is 0 Å². The van der Waals surface area contributed by atoms with Gasteiger partial charge < -0.3 is 15.1 Å². The minimum atomic E-state index is -0.000692. The van der Waals surface area contributed by atoms with Gasteiger partial charge in [0.1, 0.15) is 5.76 Å². The molecule has 1 aromatic heterocycles. The Hall–Kier alpha value is -1.29. The zero-order valence-corrected chi connectivity index (χ0v) is 10.3. The largest absolute Gasteiger partial charge is 0.455 e. The van der Waals surface area contributed by atoms with Crippen molar-refractivity contribution in [3.8, 4) is 0 Å². The Labute approximate surface area is 102 Å². The molecule has 1 aliphatic heterocycles. The highest BCUT2D eigenvalue weighted by Gasteiger charge is 2.24. The molecule has 1 saturated heterocycles. The molecule has 2 heterocycles. The van der Waals surface area contributed by atoms with Gasteiger partial charge in [0, 0.05) is 13.1 Å². The number of hydrogen-bond acceptors (Lipinski definition) is 3. The maximum atomic E-state index is 12.1. The summed E-state index contributed by atoms with van der Waals surface area (Å²) in [6, 6.07) is 3.49. The molecule has 2 rings (SSSR count). The molecule has 0 bridgehead atoms. The first-order valence-electron chi connectivity index (χ1n) is 6.32. The van der Waals surface area contributed by atoms with Crippen molar-refractivity contribution >= 4 is 5.91 Å². The van der Waals surface area contributed by atoms with E-state index in [1.54, 1.807) is 12.1 Å². The van der Waals surface area contributed by atoms with Gasteiger partial charge in [-0.15, -0.1) is 0 Å². The Kier molecular flexibility index (Phi) is 3.84. The summed E-state index contributed by atoms with van der Waals surface area (Å²) in [4.78, 5) is 14.0. The van der Waals surface area contributed by atoms with E-state index in [1.165, 1.54) is 6.42 Å². The highest BCUT2D eigenvalue weighted by atomic mass is 16.4. The van der Waals surface area contributed by atoms with Gasteiger partial charge in [0.05, 0.1) is 6.54 Å². The number of carbonyl (C=O) groups excluding carboxylic acids is 1. The van der Waals surface area contributed by atoms with E-state index < -0.39 is 0 Å². The van der Waals surface area contributed by atoms with Crippen LogP contribution in [0.25, 0.3) is 0 Å². The summed E-state index contributed by atoms with van der Waals surface area (Å²) in [7, 11) is 0. The van der Waals surface area contributed by atoms with Crippen molar-refractivity contribution in [2.75, 3.05) is 13.1 Å². The van der Waals surface area contributed by atoms with E-state index in [1.807, 2.05) is 4.90 Å². The van der Waals surface area contributed by atoms with Crippen molar-refractivity contribution in [3.63, 3.8) is 0 Å². The smallest absolute Gasteiger partial charge is 0.289 e. The first-order chi connectivity index (χ1) is 8.24. The van der Waals surface area contributed by atoms with E-state index in [2.05, 4.69) is 6.92 Å². The third kappa shape index (κ3) is 2.69. The van der Waals surface area contributed by atoms with Crippen LogP contribution in [-0.2, 0) is 6.54 Å². The van der Waals surface area contributed by atoms with E-state index in [4.69, 9.17) is 10.2 Å². The van der Waals surface area contributed by atoms with Crippen LogP contribution in [-0.4, -0.2) is 23.9 Å². The third-order valence-corrected chi connectivity index (χ3v) is 3.55. The van der Waals surface area contributed by atoms with E-state index in [0.717, 1.165) is 31.8 Å². The number of piperidine rings is 1. The van der Waals surface area contributed by atoms with Crippen LogP contribution < -0.4 is 5.73 Å². The van der Waals surface area contributed by atoms with Gasteiger partial charge in [-0.25, -0.2) is 0 Å². The van der Waals surface area contributed by atoms with Gasteiger partial charge in [0.25, 0.3) is 5.91 Å². The van der Waals surface area contributed by atoms with Crippen molar-refractivity contribution in [1.82, 2.24) is 4.90 Å². The second kappa shape index (κ2) is 5.36. The first-order valence-corrected chi connectivity index (χ1v) is 6.32. The zero-order chi connectivity index (χ0) is 12.3. The molecule has 0 atom stereocenters. The standard InChI is InChI=1S/C13H20N2O2/c1-2-10-5-7-15(8-6-10)13(16)12-4-3-11(9-14)17-12/h3-4,10H,2,5-9,14H2,1H3. The lowest BCUT2D eigenvalue weighted by atomic mass is 9.94. The lowest BCUT2D eigenvalue weighted by molar-refractivity contribution is 0.0655. The minimum Gasteiger partial charge on any atom is -0.455 e. The molecular weight excluding hydrogens is 216 g/mol. The van der Waals surface area contributed by atoms with Crippen molar-refractivity contribution in [3.05, 3.63) is 23.7 Å². The topological polar surface area (TPSA) is 59.5 Å². The van der Waals surface area contributed by atoms with Gasteiger partial charge in [-0.1, -0.05) is 13.3 Å². The van der Waals surface area contributed by atoms with Crippen molar-refractivity contribution < 1.29 is 9.21 Å². The number of nitrogens with two attached hydrogens (primary N) is 1. The minimum absolute atomic E-state index is 0.000692. The summed E-state index contributed by atoms with van der Waals surface area (Å²) in [5, 5.41) is 0. The van der Waals surface area contributed by atoms with Gasteiger partial charge in [0.15, 0.2) is 5.76 Å². The van der Waals surface area contributed by atoms with Gasteiger partial charge in [-0.3, -0.25) is 4.79 Å². The van der Waals surface area contributed by atoms with Gasteiger partial charge in [0.2, 0.25) is 0 Å². The van der Waals surface area contributed by atoms with E-state index in [9.17, 15) is 4.79 Å². The van der Waals surface area contributed by atoms with Crippen LogP contribution in [0.3, 0.4) is 0 Å². The lowest BCUT2D eigenvalue weighted by Crippen LogP contribution is -2.38. The molecule has 1 aliphatic rings. The summed E-state index contributed by atoms with van der Waals surface area (Å²) < 4.78 is 5.38. The molecule has 1 fully saturated rings. The van der Waals surface area contributed by atoms with Crippen LogP contribution in [0.1, 0.15) is 42.5 Å². The van der Waals surface area contributed by atoms with Crippen molar-refractivity contribution in [2.24, 2.45) is 11.7 Å². The van der Waals surface area contributed by atoms with Crippen molar-refractivity contribution in [1.29, 1.82) is 0 Å². The predicted molar refractivity (Wildman–Crippen MR) is 65.5 cm³/mol. The average Bonchev–Trinajstić information content (AvgIpc) is 2.87. The normalized spacial score (nSPS) is 17.4. The molecule has 4 nitrogen and oxygen atoms in total. The molecular formula is C13H20N2O2. The molecule has 1 amide bonds. The Morgan fingerprint density at radius 2 is 2.18 bits per heavy atom. The van der Waals surface area contributed by atoms with Crippen molar-refractivity contribution in [2.45, 2.75) is 32.7 Å². The Morgan fingerprint density at radius 3 is 2.71 bits per heavy atom. The van der Waals surface area contributed by atoms with E-state index in [-0.39, 0.29) is 5.91 Å². The number of amides is 1. The molecule has 0 saturated carbocycles. The predicted octanol–water partition coefficient (Wildman–Crippen LogP) is 2.00. The number of likely N-dealkylation sites (tertiary alicyclic amines) is 1. The van der Waals surface area contributed by atoms with Gasteiger partial charge in [-0.05, 0) is 30.9 Å². The highest BCUT2D eigenvalue weighted by molar-refractivity contribution is 5.91. The Morgan fingerprint density at radius 1 is 1.47 bits per heavy atom. The molecule has 4 heteroatoms. The van der Waals surface area contributed by atoms with Crippen LogP contribution in [0, 0.1) is 5.92 Å².